The molecule has 63 heavy (non-hydrogen) atoms. The minimum Gasteiger partial charge on any atom is -0.309 e. The van der Waals surface area contributed by atoms with Crippen LogP contribution in [0.25, 0.3) is 117 Å². The molecule has 0 fully saturated rings. The third-order valence-electron chi connectivity index (χ3n) is 12.1. The standard InChI is InChI=1S/C58H37N5/c1-3-16-39(17-4-1)56-60-57(62-58(61-56)42-19-13-18-41(36-42)43-20-15-35-59-37-43)40-33-31-38(32-34-40)53-45-23-7-9-25-47(45)54(48-26-10-8-24-46(48)53)50-28-14-30-52-55(50)49-27-11-12-29-51(49)63(52)44-21-5-2-6-22-44/h1-37H. The van der Waals surface area contributed by atoms with Gasteiger partial charge in [0.15, 0.2) is 17.5 Å². The van der Waals surface area contributed by atoms with Gasteiger partial charge in [0.25, 0.3) is 0 Å². The average molecular weight is 804 g/mol. The van der Waals surface area contributed by atoms with E-state index < -0.39 is 0 Å². The summed E-state index contributed by atoms with van der Waals surface area (Å²) in [6.07, 6.45) is 3.67. The molecule has 0 atom stereocenters. The van der Waals surface area contributed by atoms with E-state index in [0.717, 1.165) is 39.1 Å². The highest BCUT2D eigenvalue weighted by atomic mass is 15.0. The number of fused-ring (bicyclic) bond motifs is 5. The summed E-state index contributed by atoms with van der Waals surface area (Å²) in [4.78, 5) is 19.5. The van der Waals surface area contributed by atoms with E-state index in [-0.39, 0.29) is 0 Å². The van der Waals surface area contributed by atoms with Crippen molar-refractivity contribution in [3.8, 4) is 73.2 Å². The molecule has 0 saturated heterocycles. The Hall–Kier alpha value is -8.54. The normalized spacial score (nSPS) is 11.5. The van der Waals surface area contributed by atoms with Gasteiger partial charge in [-0.1, -0.05) is 176 Å². The summed E-state index contributed by atoms with van der Waals surface area (Å²) < 4.78 is 2.40. The molecular weight excluding hydrogens is 767 g/mol. The second kappa shape index (κ2) is 15.2. The molecule has 5 heteroatoms. The van der Waals surface area contributed by atoms with E-state index in [2.05, 4.69) is 179 Å². The fourth-order valence-corrected chi connectivity index (χ4v) is 9.32. The SMILES string of the molecule is c1ccc(-c2nc(-c3ccc(-c4c5ccccc5c(-c5cccc6c5c5ccccc5n6-c5ccccc5)c5ccccc45)cc3)nc(-c3cccc(-c4cccnc4)c3)n2)cc1. The van der Waals surface area contributed by atoms with Gasteiger partial charge in [-0.15, -0.1) is 0 Å². The first-order valence-electron chi connectivity index (χ1n) is 21.2. The van der Waals surface area contributed by atoms with Crippen LogP contribution in [-0.4, -0.2) is 24.5 Å². The highest BCUT2D eigenvalue weighted by Gasteiger charge is 2.22. The second-order valence-electron chi connectivity index (χ2n) is 15.8. The third kappa shape index (κ3) is 6.25. The Morgan fingerprint density at radius 3 is 1.48 bits per heavy atom. The number of nitrogens with zero attached hydrogens (tertiary/aromatic N) is 5. The molecule has 0 N–H and O–H groups in total. The zero-order valence-electron chi connectivity index (χ0n) is 34.1. The molecule has 294 valence electrons. The molecule has 0 saturated carbocycles. The highest BCUT2D eigenvalue weighted by Crippen LogP contribution is 2.47. The minimum atomic E-state index is 0.614. The van der Waals surface area contributed by atoms with E-state index >= 15 is 0 Å². The Kier molecular flexibility index (Phi) is 8.75. The van der Waals surface area contributed by atoms with Crippen molar-refractivity contribution >= 4 is 43.4 Å². The van der Waals surface area contributed by atoms with Gasteiger partial charge in [-0.05, 0) is 85.8 Å². The van der Waals surface area contributed by atoms with Crippen LogP contribution in [0.4, 0.5) is 0 Å². The van der Waals surface area contributed by atoms with Crippen molar-refractivity contribution in [3.05, 3.63) is 225 Å². The molecule has 3 heterocycles. The zero-order chi connectivity index (χ0) is 41.7. The number of hydrogen-bond acceptors (Lipinski definition) is 4. The zero-order valence-corrected chi connectivity index (χ0v) is 34.1. The van der Waals surface area contributed by atoms with Gasteiger partial charge in [-0.3, -0.25) is 4.98 Å². The summed E-state index contributed by atoms with van der Waals surface area (Å²) in [5.74, 6) is 1.86. The van der Waals surface area contributed by atoms with Crippen molar-refractivity contribution in [1.82, 2.24) is 24.5 Å². The Bertz CT molecular complexity index is 3600. The third-order valence-corrected chi connectivity index (χ3v) is 12.1. The number of para-hydroxylation sites is 2. The van der Waals surface area contributed by atoms with Crippen molar-refractivity contribution in [3.63, 3.8) is 0 Å². The lowest BCUT2D eigenvalue weighted by Gasteiger charge is -2.18. The van der Waals surface area contributed by atoms with Gasteiger partial charge >= 0.3 is 0 Å². The largest absolute Gasteiger partial charge is 0.309 e. The van der Waals surface area contributed by atoms with Crippen molar-refractivity contribution in [1.29, 1.82) is 0 Å². The molecule has 0 spiro atoms. The predicted octanol–water partition coefficient (Wildman–Crippen LogP) is 14.7. The molecule has 12 aromatic rings. The molecule has 0 amide bonds. The molecule has 12 rings (SSSR count). The molecule has 0 radical (unpaired) electrons. The van der Waals surface area contributed by atoms with E-state index in [1.807, 2.05) is 48.7 Å². The fourth-order valence-electron chi connectivity index (χ4n) is 9.32. The quantitative estimate of drug-likeness (QED) is 0.151. The molecule has 0 aliphatic rings. The summed E-state index contributed by atoms with van der Waals surface area (Å²) in [5, 5.41) is 7.30. The van der Waals surface area contributed by atoms with Gasteiger partial charge in [0, 0.05) is 51.1 Å². The molecule has 3 aromatic heterocycles. The lowest BCUT2D eigenvalue weighted by Crippen LogP contribution is -2.00. The summed E-state index contributed by atoms with van der Waals surface area (Å²) in [7, 11) is 0. The first-order valence-corrected chi connectivity index (χ1v) is 21.2. The van der Waals surface area contributed by atoms with Crippen LogP contribution in [-0.2, 0) is 0 Å². The van der Waals surface area contributed by atoms with Crippen LogP contribution in [0.3, 0.4) is 0 Å². The van der Waals surface area contributed by atoms with Gasteiger partial charge in [0.05, 0.1) is 11.0 Å². The van der Waals surface area contributed by atoms with Crippen LogP contribution in [0.2, 0.25) is 0 Å². The van der Waals surface area contributed by atoms with Crippen LogP contribution in [0.5, 0.6) is 0 Å². The molecule has 0 unspecified atom stereocenters. The van der Waals surface area contributed by atoms with Crippen molar-refractivity contribution < 1.29 is 0 Å². The molecule has 0 aliphatic carbocycles. The highest BCUT2D eigenvalue weighted by molar-refractivity contribution is 6.26. The Morgan fingerprint density at radius 1 is 0.317 bits per heavy atom. The number of rotatable bonds is 7. The maximum Gasteiger partial charge on any atom is 0.164 e. The molecule has 9 aromatic carbocycles. The fraction of sp³-hybridized carbons (Fsp3) is 0. The Labute approximate surface area is 364 Å². The van der Waals surface area contributed by atoms with Gasteiger partial charge < -0.3 is 4.57 Å². The van der Waals surface area contributed by atoms with Gasteiger partial charge in [0.2, 0.25) is 0 Å². The van der Waals surface area contributed by atoms with E-state index in [1.54, 1.807) is 6.20 Å². The lowest BCUT2D eigenvalue weighted by molar-refractivity contribution is 1.07. The first-order chi connectivity index (χ1) is 31.3. The van der Waals surface area contributed by atoms with Crippen LogP contribution in [0.1, 0.15) is 0 Å². The Morgan fingerprint density at radius 2 is 0.810 bits per heavy atom. The summed E-state index contributed by atoms with van der Waals surface area (Å²) in [6.45, 7) is 0. The molecule has 0 aliphatic heterocycles. The van der Waals surface area contributed by atoms with E-state index in [4.69, 9.17) is 15.0 Å². The smallest absolute Gasteiger partial charge is 0.164 e. The van der Waals surface area contributed by atoms with Crippen LogP contribution in [0, 0.1) is 0 Å². The van der Waals surface area contributed by atoms with Gasteiger partial charge in [-0.25, -0.2) is 15.0 Å². The summed E-state index contributed by atoms with van der Waals surface area (Å²) in [6, 6.07) is 75.1. The summed E-state index contributed by atoms with van der Waals surface area (Å²) in [5.41, 5.74) is 13.1. The molecule has 0 bridgehead atoms. The minimum absolute atomic E-state index is 0.614. The van der Waals surface area contributed by atoms with Crippen molar-refractivity contribution in [2.75, 3.05) is 0 Å². The predicted molar refractivity (Wildman–Crippen MR) is 260 cm³/mol. The number of aromatic nitrogens is 5. The van der Waals surface area contributed by atoms with E-state index in [1.165, 1.54) is 60.0 Å². The summed E-state index contributed by atoms with van der Waals surface area (Å²) >= 11 is 0. The van der Waals surface area contributed by atoms with Crippen LogP contribution >= 0.6 is 0 Å². The maximum atomic E-state index is 5.11. The van der Waals surface area contributed by atoms with Crippen molar-refractivity contribution in [2.24, 2.45) is 0 Å². The van der Waals surface area contributed by atoms with Crippen LogP contribution in [0.15, 0.2) is 225 Å². The number of benzene rings is 9. The van der Waals surface area contributed by atoms with E-state index in [0.29, 0.717) is 17.5 Å². The van der Waals surface area contributed by atoms with Crippen LogP contribution < -0.4 is 0 Å². The average Bonchev–Trinajstić information content (AvgIpc) is 3.71. The molecular formula is C58H37N5. The monoisotopic (exact) mass is 803 g/mol. The lowest BCUT2D eigenvalue weighted by atomic mass is 9.85. The molecule has 5 nitrogen and oxygen atoms in total. The maximum absolute atomic E-state index is 5.11. The first kappa shape index (κ1) is 36.3. The Balaban J connectivity index is 1.02. The second-order valence-corrected chi connectivity index (χ2v) is 15.8. The van der Waals surface area contributed by atoms with E-state index in [9.17, 15) is 0 Å². The van der Waals surface area contributed by atoms with Gasteiger partial charge in [-0.2, -0.15) is 0 Å². The number of hydrogen-bond donors (Lipinski definition) is 0. The van der Waals surface area contributed by atoms with Crippen molar-refractivity contribution in [2.45, 2.75) is 0 Å². The topological polar surface area (TPSA) is 56.5 Å². The number of pyridine rings is 1. The van der Waals surface area contributed by atoms with Gasteiger partial charge in [0.1, 0.15) is 0 Å².